The summed E-state index contributed by atoms with van der Waals surface area (Å²) in [5.74, 6) is 1.61. The number of ether oxygens (including phenoxy) is 1. The number of nitrogens with one attached hydrogen (secondary N) is 2. The van der Waals surface area contributed by atoms with E-state index in [2.05, 4.69) is 20.5 Å². The second-order valence-electron chi connectivity index (χ2n) is 4.96. The second-order valence-corrected chi connectivity index (χ2v) is 5.80. The van der Waals surface area contributed by atoms with Gasteiger partial charge in [0, 0.05) is 10.7 Å². The van der Waals surface area contributed by atoms with Crippen LogP contribution in [0.1, 0.15) is 11.4 Å². The fraction of sp³-hybridized carbons (Fsp3) is 0.125. The molecule has 1 aromatic heterocycles. The fourth-order valence-electron chi connectivity index (χ4n) is 1.92. The topological polar surface area (TPSA) is 62.8 Å². The highest BCUT2D eigenvalue weighted by atomic mass is 35.5. The quantitative estimate of drug-likeness (QED) is 0.698. The first-order chi connectivity index (χ1) is 11.1. The van der Waals surface area contributed by atoms with Crippen LogP contribution in [0.2, 0.25) is 10.0 Å². The summed E-state index contributed by atoms with van der Waals surface area (Å²) >= 11 is 11.9. The number of benzene rings is 2. The summed E-state index contributed by atoms with van der Waals surface area (Å²) in [5, 5.41) is 11.1. The smallest absolute Gasteiger partial charge is 0.246 e. The first-order valence-electron chi connectivity index (χ1n) is 6.93. The molecule has 0 fully saturated rings. The molecule has 7 heteroatoms. The van der Waals surface area contributed by atoms with Crippen molar-refractivity contribution in [1.29, 1.82) is 0 Å². The van der Waals surface area contributed by atoms with Gasteiger partial charge in [-0.3, -0.25) is 5.10 Å². The van der Waals surface area contributed by atoms with Crippen LogP contribution in [0.3, 0.4) is 0 Å². The van der Waals surface area contributed by atoms with E-state index in [1.54, 1.807) is 18.2 Å². The van der Waals surface area contributed by atoms with Crippen LogP contribution in [-0.2, 0) is 6.61 Å². The van der Waals surface area contributed by atoms with Crippen molar-refractivity contribution >= 4 is 34.8 Å². The number of aromatic nitrogens is 3. The summed E-state index contributed by atoms with van der Waals surface area (Å²) in [6.45, 7) is 2.26. The Labute approximate surface area is 143 Å². The van der Waals surface area contributed by atoms with Crippen LogP contribution in [0.5, 0.6) is 5.75 Å². The molecule has 0 radical (unpaired) electrons. The van der Waals surface area contributed by atoms with Crippen molar-refractivity contribution < 1.29 is 4.74 Å². The van der Waals surface area contributed by atoms with Crippen molar-refractivity contribution in [3.8, 4) is 5.75 Å². The number of anilines is 2. The Morgan fingerprint density at radius 1 is 1.13 bits per heavy atom. The minimum Gasteiger partial charge on any atom is -0.484 e. The Morgan fingerprint density at radius 2 is 1.91 bits per heavy atom. The van der Waals surface area contributed by atoms with Gasteiger partial charge in [0.15, 0.2) is 5.82 Å². The lowest BCUT2D eigenvalue weighted by molar-refractivity contribution is 0.296. The third kappa shape index (κ3) is 4.15. The third-order valence-corrected chi connectivity index (χ3v) is 3.63. The van der Waals surface area contributed by atoms with Gasteiger partial charge in [0.2, 0.25) is 5.95 Å². The lowest BCUT2D eigenvalue weighted by Gasteiger charge is -2.06. The van der Waals surface area contributed by atoms with E-state index in [1.807, 2.05) is 31.2 Å². The van der Waals surface area contributed by atoms with Gasteiger partial charge in [-0.05, 0) is 37.3 Å². The maximum Gasteiger partial charge on any atom is 0.246 e. The van der Waals surface area contributed by atoms with Crippen molar-refractivity contribution in [3.05, 3.63) is 63.9 Å². The molecule has 0 atom stereocenters. The standard InChI is InChI=1S/C16H14Cl2N4O/c1-10-2-5-12(6-3-10)19-16-20-15(21-22-16)9-23-14-7-4-11(17)8-13(14)18/h2-8H,9H2,1H3,(H2,19,20,21,22). The Kier molecular flexibility index (Phi) is 4.69. The van der Waals surface area contributed by atoms with Crippen molar-refractivity contribution in [2.75, 3.05) is 5.32 Å². The summed E-state index contributed by atoms with van der Waals surface area (Å²) in [4.78, 5) is 4.32. The number of H-pyrrole nitrogens is 1. The van der Waals surface area contributed by atoms with E-state index in [9.17, 15) is 0 Å². The zero-order valence-electron chi connectivity index (χ0n) is 12.3. The van der Waals surface area contributed by atoms with E-state index in [-0.39, 0.29) is 6.61 Å². The average Bonchev–Trinajstić information content (AvgIpc) is 2.96. The Hall–Kier alpha value is -2.24. The van der Waals surface area contributed by atoms with Crippen LogP contribution in [-0.4, -0.2) is 15.2 Å². The fourth-order valence-corrected chi connectivity index (χ4v) is 2.38. The molecular weight excluding hydrogens is 335 g/mol. The van der Waals surface area contributed by atoms with E-state index >= 15 is 0 Å². The highest BCUT2D eigenvalue weighted by Gasteiger charge is 2.07. The van der Waals surface area contributed by atoms with Crippen LogP contribution in [0.25, 0.3) is 0 Å². The van der Waals surface area contributed by atoms with Gasteiger partial charge in [0.1, 0.15) is 12.4 Å². The highest BCUT2D eigenvalue weighted by molar-refractivity contribution is 6.35. The lowest BCUT2D eigenvalue weighted by Crippen LogP contribution is -1.98. The summed E-state index contributed by atoms with van der Waals surface area (Å²) in [6.07, 6.45) is 0. The van der Waals surface area contributed by atoms with E-state index in [1.165, 1.54) is 5.56 Å². The number of aryl methyl sites for hydroxylation is 1. The van der Waals surface area contributed by atoms with Gasteiger partial charge < -0.3 is 10.1 Å². The van der Waals surface area contributed by atoms with Crippen LogP contribution in [0, 0.1) is 6.92 Å². The summed E-state index contributed by atoms with van der Waals surface area (Å²) in [5.41, 5.74) is 2.11. The molecule has 118 valence electrons. The van der Waals surface area contributed by atoms with Gasteiger partial charge in [-0.15, -0.1) is 5.10 Å². The van der Waals surface area contributed by atoms with Crippen LogP contribution < -0.4 is 10.1 Å². The molecule has 0 saturated carbocycles. The molecule has 2 aromatic carbocycles. The Bertz CT molecular complexity index is 802. The molecule has 0 amide bonds. The molecule has 1 heterocycles. The van der Waals surface area contributed by atoms with Crippen molar-refractivity contribution in [2.24, 2.45) is 0 Å². The third-order valence-electron chi connectivity index (χ3n) is 3.10. The number of hydrogen-bond acceptors (Lipinski definition) is 4. The van der Waals surface area contributed by atoms with Gasteiger partial charge in [-0.25, -0.2) is 0 Å². The largest absolute Gasteiger partial charge is 0.484 e. The minimum absolute atomic E-state index is 0.226. The monoisotopic (exact) mass is 348 g/mol. The highest BCUT2D eigenvalue weighted by Crippen LogP contribution is 2.28. The Morgan fingerprint density at radius 3 is 2.65 bits per heavy atom. The zero-order chi connectivity index (χ0) is 16.2. The van der Waals surface area contributed by atoms with E-state index in [4.69, 9.17) is 27.9 Å². The molecule has 0 saturated heterocycles. The normalized spacial score (nSPS) is 10.6. The van der Waals surface area contributed by atoms with E-state index in [0.29, 0.717) is 27.6 Å². The number of aromatic amines is 1. The lowest BCUT2D eigenvalue weighted by atomic mass is 10.2. The first kappa shape index (κ1) is 15.6. The number of nitrogens with zero attached hydrogens (tertiary/aromatic N) is 2. The van der Waals surface area contributed by atoms with Gasteiger partial charge in [-0.1, -0.05) is 40.9 Å². The van der Waals surface area contributed by atoms with Crippen molar-refractivity contribution in [3.63, 3.8) is 0 Å². The number of halogens is 2. The summed E-state index contributed by atoms with van der Waals surface area (Å²) < 4.78 is 5.60. The molecule has 2 N–H and O–H groups in total. The van der Waals surface area contributed by atoms with Crippen molar-refractivity contribution in [2.45, 2.75) is 13.5 Å². The van der Waals surface area contributed by atoms with Gasteiger partial charge in [-0.2, -0.15) is 4.98 Å². The molecule has 23 heavy (non-hydrogen) atoms. The van der Waals surface area contributed by atoms with E-state index < -0.39 is 0 Å². The first-order valence-corrected chi connectivity index (χ1v) is 7.68. The molecule has 5 nitrogen and oxygen atoms in total. The number of rotatable bonds is 5. The van der Waals surface area contributed by atoms with Crippen LogP contribution in [0.4, 0.5) is 11.6 Å². The van der Waals surface area contributed by atoms with Gasteiger partial charge >= 0.3 is 0 Å². The molecule has 0 unspecified atom stereocenters. The molecule has 3 aromatic rings. The Balaban J connectivity index is 1.62. The van der Waals surface area contributed by atoms with Crippen molar-refractivity contribution in [1.82, 2.24) is 15.2 Å². The SMILES string of the molecule is Cc1ccc(Nc2n[nH]c(COc3ccc(Cl)cc3Cl)n2)cc1. The average molecular weight is 349 g/mol. The van der Waals surface area contributed by atoms with Crippen LogP contribution >= 0.6 is 23.2 Å². The molecular formula is C16H14Cl2N4O. The minimum atomic E-state index is 0.226. The maximum absolute atomic E-state index is 6.05. The molecule has 3 rings (SSSR count). The summed E-state index contributed by atoms with van der Waals surface area (Å²) in [7, 11) is 0. The molecule has 0 aliphatic heterocycles. The predicted octanol–water partition coefficient (Wildman–Crippen LogP) is 4.74. The zero-order valence-corrected chi connectivity index (χ0v) is 13.8. The maximum atomic E-state index is 6.05. The molecule has 0 bridgehead atoms. The van der Waals surface area contributed by atoms with Gasteiger partial charge in [0.05, 0.1) is 5.02 Å². The predicted molar refractivity (Wildman–Crippen MR) is 91.6 cm³/mol. The van der Waals surface area contributed by atoms with E-state index in [0.717, 1.165) is 5.69 Å². The molecule has 0 aliphatic rings. The van der Waals surface area contributed by atoms with Crippen LogP contribution in [0.15, 0.2) is 42.5 Å². The molecule has 0 spiro atoms. The number of hydrogen-bond donors (Lipinski definition) is 2. The molecule has 0 aliphatic carbocycles. The summed E-state index contributed by atoms with van der Waals surface area (Å²) in [6, 6.07) is 13.0. The second kappa shape index (κ2) is 6.89. The van der Waals surface area contributed by atoms with Gasteiger partial charge in [0.25, 0.3) is 0 Å².